The van der Waals surface area contributed by atoms with Crippen molar-refractivity contribution in [3.63, 3.8) is 0 Å². The van der Waals surface area contributed by atoms with E-state index in [1.165, 1.54) is 25.3 Å². The van der Waals surface area contributed by atoms with E-state index >= 15 is 0 Å². The van der Waals surface area contributed by atoms with Crippen molar-refractivity contribution in [2.45, 2.75) is 26.7 Å². The van der Waals surface area contributed by atoms with Gasteiger partial charge < -0.3 is 10.1 Å². The normalized spacial score (nSPS) is 10.7. The van der Waals surface area contributed by atoms with Gasteiger partial charge in [-0.3, -0.25) is 4.79 Å². The quantitative estimate of drug-likeness (QED) is 0.888. The number of carbonyl (C=O) groups is 1. The zero-order valence-electron chi connectivity index (χ0n) is 11.3. The molecule has 5 heteroatoms. The van der Waals surface area contributed by atoms with Gasteiger partial charge in [-0.2, -0.15) is 5.26 Å². The van der Waals surface area contributed by atoms with Crippen LogP contribution in [0.25, 0.3) is 0 Å². The van der Waals surface area contributed by atoms with Crippen molar-refractivity contribution >= 4 is 11.6 Å². The molecule has 0 fully saturated rings. The van der Waals surface area contributed by atoms with Crippen molar-refractivity contribution in [1.29, 1.82) is 5.26 Å². The number of amides is 1. The van der Waals surface area contributed by atoms with Gasteiger partial charge in [0, 0.05) is 6.07 Å². The Morgan fingerprint density at radius 1 is 1.47 bits per heavy atom. The van der Waals surface area contributed by atoms with Crippen LogP contribution in [0.2, 0.25) is 0 Å². The van der Waals surface area contributed by atoms with Gasteiger partial charge >= 0.3 is 0 Å². The van der Waals surface area contributed by atoms with Gasteiger partial charge in [0.25, 0.3) is 0 Å². The van der Waals surface area contributed by atoms with E-state index in [2.05, 4.69) is 5.32 Å². The van der Waals surface area contributed by atoms with E-state index in [9.17, 15) is 9.18 Å². The lowest BCUT2D eigenvalue weighted by Crippen LogP contribution is -2.34. The van der Waals surface area contributed by atoms with Crippen LogP contribution in [-0.2, 0) is 4.79 Å². The topological polar surface area (TPSA) is 62.1 Å². The third kappa shape index (κ3) is 3.02. The highest BCUT2D eigenvalue weighted by atomic mass is 19.1. The van der Waals surface area contributed by atoms with Crippen molar-refractivity contribution in [3.8, 4) is 11.8 Å². The Bertz CT molecular complexity index is 505. The summed E-state index contributed by atoms with van der Waals surface area (Å²) in [7, 11) is 1.45. The molecule has 0 heterocycles. The summed E-state index contributed by atoms with van der Waals surface area (Å²) in [6, 6.07) is 6.08. The Morgan fingerprint density at radius 3 is 2.58 bits per heavy atom. The average Bonchev–Trinajstić information content (AvgIpc) is 2.44. The van der Waals surface area contributed by atoms with Crippen LogP contribution in [0.4, 0.5) is 10.1 Å². The molecule has 0 unspecified atom stereocenters. The molecule has 1 N–H and O–H groups in total. The molecular formula is C14H17FN2O2. The number of nitrogens with zero attached hydrogens (tertiary/aromatic N) is 1. The molecule has 0 aromatic heterocycles. The maximum Gasteiger partial charge on any atom is 0.244 e. The van der Waals surface area contributed by atoms with Gasteiger partial charge in [0.05, 0.1) is 18.9 Å². The number of nitriles is 1. The zero-order valence-corrected chi connectivity index (χ0v) is 11.3. The maximum atomic E-state index is 13.6. The Balaban J connectivity index is 3.03. The zero-order chi connectivity index (χ0) is 14.5. The second kappa shape index (κ2) is 6.19. The second-order valence-electron chi connectivity index (χ2n) is 4.20. The summed E-state index contributed by atoms with van der Waals surface area (Å²) < 4.78 is 18.6. The van der Waals surface area contributed by atoms with E-state index in [0.717, 1.165) is 0 Å². The standard InChI is InChI=1S/C14H17FN2O2/c1-4-14(5-2,9-16)13(18)17-12-8-10(19-3)6-7-11(12)15/h6-8H,4-5H2,1-3H3,(H,17,18). The van der Waals surface area contributed by atoms with Crippen LogP contribution in [0, 0.1) is 22.6 Å². The summed E-state index contributed by atoms with van der Waals surface area (Å²) in [5.41, 5.74) is -1.11. The minimum absolute atomic E-state index is 0.0193. The predicted molar refractivity (Wildman–Crippen MR) is 70.2 cm³/mol. The number of carbonyl (C=O) groups excluding carboxylic acids is 1. The van der Waals surface area contributed by atoms with E-state index in [4.69, 9.17) is 10.00 Å². The summed E-state index contributed by atoms with van der Waals surface area (Å²) in [4.78, 5) is 12.1. The van der Waals surface area contributed by atoms with Crippen LogP contribution in [0.3, 0.4) is 0 Å². The lowest BCUT2D eigenvalue weighted by atomic mass is 9.83. The van der Waals surface area contributed by atoms with E-state index in [-0.39, 0.29) is 5.69 Å². The third-order valence-electron chi connectivity index (χ3n) is 3.28. The van der Waals surface area contributed by atoms with Crippen molar-refractivity contribution < 1.29 is 13.9 Å². The number of nitrogens with one attached hydrogen (secondary N) is 1. The summed E-state index contributed by atoms with van der Waals surface area (Å²) >= 11 is 0. The molecule has 0 atom stereocenters. The van der Waals surface area contributed by atoms with Crippen molar-refractivity contribution in [2.75, 3.05) is 12.4 Å². The fourth-order valence-electron chi connectivity index (χ4n) is 1.75. The number of halogens is 1. The molecule has 1 aromatic rings. The van der Waals surface area contributed by atoms with E-state index in [0.29, 0.717) is 18.6 Å². The molecule has 1 amide bonds. The molecule has 0 bridgehead atoms. The van der Waals surface area contributed by atoms with Crippen LogP contribution >= 0.6 is 0 Å². The fraction of sp³-hybridized carbons (Fsp3) is 0.429. The highest BCUT2D eigenvalue weighted by molar-refractivity contribution is 5.97. The molecule has 0 saturated heterocycles. The number of hydrogen-bond acceptors (Lipinski definition) is 3. The number of anilines is 1. The molecule has 1 aromatic carbocycles. The first-order valence-corrected chi connectivity index (χ1v) is 6.09. The van der Waals surface area contributed by atoms with Gasteiger partial charge in [-0.25, -0.2) is 4.39 Å². The molecule has 0 aliphatic carbocycles. The molecule has 0 aliphatic rings. The van der Waals surface area contributed by atoms with E-state index < -0.39 is 17.1 Å². The Labute approximate surface area is 112 Å². The fourth-order valence-corrected chi connectivity index (χ4v) is 1.75. The molecule has 0 aliphatic heterocycles. The summed E-state index contributed by atoms with van der Waals surface area (Å²) in [6.45, 7) is 3.52. The Morgan fingerprint density at radius 2 is 2.11 bits per heavy atom. The summed E-state index contributed by atoms with van der Waals surface area (Å²) in [6.07, 6.45) is 0.745. The van der Waals surface area contributed by atoms with Gasteiger partial charge in [-0.05, 0) is 25.0 Å². The number of rotatable bonds is 5. The van der Waals surface area contributed by atoms with E-state index in [1.807, 2.05) is 6.07 Å². The number of benzene rings is 1. The highest BCUT2D eigenvalue weighted by Crippen LogP contribution is 2.29. The smallest absolute Gasteiger partial charge is 0.244 e. The Hall–Kier alpha value is -2.09. The van der Waals surface area contributed by atoms with Crippen LogP contribution in [0.5, 0.6) is 5.75 Å². The van der Waals surface area contributed by atoms with Gasteiger partial charge in [-0.15, -0.1) is 0 Å². The third-order valence-corrected chi connectivity index (χ3v) is 3.28. The lowest BCUT2D eigenvalue weighted by Gasteiger charge is -2.22. The van der Waals surface area contributed by atoms with Gasteiger partial charge in [0.2, 0.25) is 5.91 Å². The predicted octanol–water partition coefficient (Wildman–Crippen LogP) is 3.10. The first kappa shape index (κ1) is 15.0. The van der Waals surface area contributed by atoms with E-state index in [1.54, 1.807) is 13.8 Å². The SMILES string of the molecule is CCC(C#N)(CC)C(=O)Nc1cc(OC)ccc1F. The Kier molecular flexibility index (Phi) is 4.87. The molecule has 1 rings (SSSR count). The molecule has 4 nitrogen and oxygen atoms in total. The molecule has 19 heavy (non-hydrogen) atoms. The molecular weight excluding hydrogens is 247 g/mol. The van der Waals surface area contributed by atoms with Crippen molar-refractivity contribution in [1.82, 2.24) is 0 Å². The van der Waals surface area contributed by atoms with Crippen molar-refractivity contribution in [3.05, 3.63) is 24.0 Å². The number of methoxy groups -OCH3 is 1. The molecule has 0 saturated carbocycles. The van der Waals surface area contributed by atoms with Crippen LogP contribution < -0.4 is 10.1 Å². The highest BCUT2D eigenvalue weighted by Gasteiger charge is 2.35. The summed E-state index contributed by atoms with van der Waals surface area (Å²) in [5, 5.41) is 11.6. The minimum Gasteiger partial charge on any atom is -0.497 e. The molecule has 0 spiro atoms. The first-order valence-electron chi connectivity index (χ1n) is 6.09. The summed E-state index contributed by atoms with van der Waals surface area (Å²) in [5.74, 6) is -0.618. The van der Waals surface area contributed by atoms with Gasteiger partial charge in [0.15, 0.2) is 0 Å². The monoisotopic (exact) mass is 264 g/mol. The molecule has 102 valence electrons. The van der Waals surface area contributed by atoms with Crippen LogP contribution in [0.15, 0.2) is 18.2 Å². The minimum atomic E-state index is -1.13. The maximum absolute atomic E-state index is 13.6. The first-order chi connectivity index (χ1) is 9.02. The lowest BCUT2D eigenvalue weighted by molar-refractivity contribution is -0.123. The average molecular weight is 264 g/mol. The largest absolute Gasteiger partial charge is 0.497 e. The second-order valence-corrected chi connectivity index (χ2v) is 4.20. The van der Waals surface area contributed by atoms with Crippen LogP contribution in [-0.4, -0.2) is 13.0 Å². The van der Waals surface area contributed by atoms with Crippen LogP contribution in [0.1, 0.15) is 26.7 Å². The van der Waals surface area contributed by atoms with Gasteiger partial charge in [-0.1, -0.05) is 13.8 Å². The molecule has 0 radical (unpaired) electrons. The number of hydrogen-bond donors (Lipinski definition) is 1. The number of ether oxygens (including phenoxy) is 1. The van der Waals surface area contributed by atoms with Crippen molar-refractivity contribution in [2.24, 2.45) is 5.41 Å². The van der Waals surface area contributed by atoms with Gasteiger partial charge in [0.1, 0.15) is 17.0 Å².